The molecule has 5 aromatic heterocycles. The van der Waals surface area contributed by atoms with E-state index in [0.717, 1.165) is 73.1 Å². The number of benzene rings is 7. The van der Waals surface area contributed by atoms with Crippen molar-refractivity contribution in [1.29, 1.82) is 0 Å². The zero-order valence-electron chi connectivity index (χ0n) is 43.3. The van der Waals surface area contributed by atoms with Gasteiger partial charge in [0.1, 0.15) is 4.83 Å². The summed E-state index contributed by atoms with van der Waals surface area (Å²) in [7, 11) is 0. The van der Waals surface area contributed by atoms with Crippen molar-refractivity contribution in [3.05, 3.63) is 205 Å². The number of hydrogen-bond acceptors (Lipinski definition) is 4. The summed E-state index contributed by atoms with van der Waals surface area (Å²) in [6.07, 6.45) is 3.10. The minimum Gasteiger partial charge on any atom is -0.333 e. The number of thiophene rings is 1. The standard InChI is InChI=1S/C41H31N4S.C24H27FGeN.Ir/c1-25-18-20-31(38-37(25)30-22-23-36(41(2,3)4)43-40(30)46-38)39-42-32-15-9-11-17-34(32)45(39)27-19-21-29-28-14-8-10-16-33(28)44(35(29)24-27)26-12-6-5-7-13-26;1-17(2)13-20-15-24(27-16-23(20)26(3,4)5)19-11-12-22(25)21(14-19)18-9-7-6-8-10-18;/h5-19,21-24H,1-4H3;6-10,12,14-17H,13H2,1-5H3;/q2*-1;. The predicted octanol–water partition coefficient (Wildman–Crippen LogP) is 17.1. The largest absolute Gasteiger partial charge is 0.333 e. The van der Waals surface area contributed by atoms with E-state index in [-0.39, 0.29) is 31.3 Å². The van der Waals surface area contributed by atoms with Crippen LogP contribution >= 0.6 is 11.3 Å². The molecule has 0 aliphatic heterocycles. The molecule has 1 radical (unpaired) electrons. The summed E-state index contributed by atoms with van der Waals surface area (Å²) in [6.45, 7) is 13.3. The van der Waals surface area contributed by atoms with Gasteiger partial charge in [-0.3, -0.25) is 4.98 Å². The fourth-order valence-corrected chi connectivity index (χ4v) is 14.8. The minimum atomic E-state index is -2.00. The number of aryl methyl sites for hydroxylation is 1. The number of para-hydroxylation sites is 4. The smallest absolute Gasteiger partial charge is 0.114 e. The minimum absolute atomic E-state index is 0. The SMILES string of the molecule is CC(C)Cc1cc(-c2[c-]cc(F)c(-c3ccccc3)c2)nc[c]1[Ge]([CH3])([CH3])[CH3].Cc1c[c-]c(-c2nc3ccccc3n2-c2ccc3c4ccccc4n(-c4ccccc4)c3c2)c2sc3nc(C(C)(C)C)ccc3c12.[Ir]. The van der Waals surface area contributed by atoms with Gasteiger partial charge in [0.2, 0.25) is 0 Å². The second-order valence-corrected chi connectivity index (χ2v) is 33.2. The number of imidazole rings is 1. The van der Waals surface area contributed by atoms with Crippen LogP contribution in [0.15, 0.2) is 170 Å². The van der Waals surface area contributed by atoms with Crippen LogP contribution in [0.25, 0.3) is 98.3 Å². The van der Waals surface area contributed by atoms with E-state index in [1.165, 1.54) is 53.4 Å². The molecule has 0 N–H and O–H groups in total. The van der Waals surface area contributed by atoms with Crippen LogP contribution in [0.3, 0.4) is 0 Å². The van der Waals surface area contributed by atoms with E-state index in [4.69, 9.17) is 15.0 Å². The van der Waals surface area contributed by atoms with Crippen LogP contribution in [-0.4, -0.2) is 37.4 Å². The molecular formula is C65H58FGeIrN5S-2. The van der Waals surface area contributed by atoms with Crippen LogP contribution in [0.1, 0.15) is 51.4 Å². The van der Waals surface area contributed by atoms with Crippen molar-refractivity contribution in [1.82, 2.24) is 24.1 Å². The molecule has 0 unspecified atom stereocenters. The monoisotopic (exact) mass is 1230 g/mol. The molecule has 0 saturated heterocycles. The molecule has 12 aromatic rings. The normalized spacial score (nSPS) is 12.0. The average Bonchev–Trinajstić information content (AvgIpc) is 4.07. The Bertz CT molecular complexity index is 4030. The number of aromatic nitrogens is 5. The summed E-state index contributed by atoms with van der Waals surface area (Å²) in [6, 6.07) is 62.9. The van der Waals surface area contributed by atoms with Crippen molar-refractivity contribution >= 4 is 82.1 Å². The summed E-state index contributed by atoms with van der Waals surface area (Å²) in [5, 5.41) is 4.89. The van der Waals surface area contributed by atoms with Gasteiger partial charge < -0.3 is 9.13 Å². The molecule has 0 spiro atoms. The number of nitrogens with zero attached hydrogens (tertiary/aromatic N) is 5. The number of hydrogen-bond donors (Lipinski definition) is 0. The van der Waals surface area contributed by atoms with Gasteiger partial charge in [-0.05, 0) is 53.2 Å². The molecular weight excluding hydrogens is 1170 g/mol. The Hall–Kier alpha value is -6.55. The van der Waals surface area contributed by atoms with E-state index >= 15 is 0 Å². The van der Waals surface area contributed by atoms with E-state index in [0.29, 0.717) is 11.5 Å². The van der Waals surface area contributed by atoms with Gasteiger partial charge in [-0.15, -0.1) is 17.7 Å². The van der Waals surface area contributed by atoms with Gasteiger partial charge in [-0.25, -0.2) is 4.98 Å². The average molecular weight is 1230 g/mol. The number of halogens is 1. The topological polar surface area (TPSA) is 48.5 Å². The Labute approximate surface area is 453 Å². The number of pyridine rings is 2. The summed E-state index contributed by atoms with van der Waals surface area (Å²) in [5.74, 6) is 8.42. The van der Waals surface area contributed by atoms with Crippen LogP contribution in [0.2, 0.25) is 17.3 Å². The Morgan fingerprint density at radius 3 is 2.08 bits per heavy atom. The second-order valence-electron chi connectivity index (χ2n) is 21.7. The van der Waals surface area contributed by atoms with E-state index < -0.39 is 13.3 Å². The summed E-state index contributed by atoms with van der Waals surface area (Å²) >= 11 is -0.256. The maximum atomic E-state index is 14.4. The molecule has 74 heavy (non-hydrogen) atoms. The van der Waals surface area contributed by atoms with Gasteiger partial charge in [0.05, 0.1) is 27.9 Å². The molecule has 0 aliphatic carbocycles. The summed E-state index contributed by atoms with van der Waals surface area (Å²) in [4.78, 5) is 16.2. The third-order valence-electron chi connectivity index (χ3n) is 13.8. The molecule has 0 aliphatic rings. The molecule has 7 aromatic carbocycles. The third kappa shape index (κ3) is 9.58. The van der Waals surface area contributed by atoms with E-state index in [1.807, 2.05) is 36.4 Å². The predicted molar refractivity (Wildman–Crippen MR) is 309 cm³/mol. The van der Waals surface area contributed by atoms with Crippen molar-refractivity contribution in [2.45, 2.75) is 70.6 Å². The van der Waals surface area contributed by atoms with Gasteiger partial charge in [0, 0.05) is 58.7 Å². The Morgan fingerprint density at radius 2 is 1.35 bits per heavy atom. The zero-order chi connectivity index (χ0) is 50.8. The van der Waals surface area contributed by atoms with Crippen LogP contribution in [0, 0.1) is 30.8 Å². The molecule has 0 atom stereocenters. The first kappa shape index (κ1) is 51.0. The molecule has 0 saturated carbocycles. The Morgan fingerprint density at radius 1 is 0.676 bits per heavy atom. The molecule has 0 fully saturated rings. The molecule has 0 amide bonds. The van der Waals surface area contributed by atoms with Crippen molar-refractivity contribution in [3.8, 4) is 45.1 Å². The first-order chi connectivity index (χ1) is 35.1. The van der Waals surface area contributed by atoms with Gasteiger partial charge in [0.25, 0.3) is 0 Å². The zero-order valence-corrected chi connectivity index (χ0v) is 48.6. The maximum Gasteiger partial charge on any atom is 0.114 e. The second kappa shape index (κ2) is 20.3. The van der Waals surface area contributed by atoms with Gasteiger partial charge in [-0.1, -0.05) is 99.3 Å². The summed E-state index contributed by atoms with van der Waals surface area (Å²) < 4.78 is 21.7. The number of rotatable bonds is 8. The third-order valence-corrected chi connectivity index (χ3v) is 19.2. The molecule has 5 heterocycles. The van der Waals surface area contributed by atoms with Crippen LogP contribution in [0.4, 0.5) is 4.39 Å². The van der Waals surface area contributed by atoms with E-state index in [9.17, 15) is 4.39 Å². The molecule has 371 valence electrons. The molecule has 9 heteroatoms. The van der Waals surface area contributed by atoms with Crippen LogP contribution < -0.4 is 4.40 Å². The fraction of sp³-hybridized carbons (Fsp3) is 0.185. The quantitative estimate of drug-likeness (QED) is 0.113. The van der Waals surface area contributed by atoms with Gasteiger partial charge in [0.15, 0.2) is 0 Å². The van der Waals surface area contributed by atoms with Crippen LogP contribution in [0.5, 0.6) is 0 Å². The number of fused-ring (bicyclic) bond motifs is 7. The van der Waals surface area contributed by atoms with Crippen molar-refractivity contribution in [2.24, 2.45) is 5.92 Å². The van der Waals surface area contributed by atoms with Gasteiger partial charge >= 0.3 is 165 Å². The first-order valence-electron chi connectivity index (χ1n) is 25.2. The molecule has 5 nitrogen and oxygen atoms in total. The first-order valence-corrected chi connectivity index (χ1v) is 33.4. The summed E-state index contributed by atoms with van der Waals surface area (Å²) in [5.41, 5.74) is 14.4. The van der Waals surface area contributed by atoms with Gasteiger partial charge in [-0.2, -0.15) is 11.3 Å². The Kier molecular flexibility index (Phi) is 14.0. The molecule has 12 rings (SSSR count). The molecule has 0 bridgehead atoms. The van der Waals surface area contributed by atoms with Crippen molar-refractivity contribution in [2.75, 3.05) is 0 Å². The van der Waals surface area contributed by atoms with Crippen LogP contribution in [-0.2, 0) is 31.9 Å². The van der Waals surface area contributed by atoms with Crippen molar-refractivity contribution in [3.63, 3.8) is 0 Å². The Balaban J connectivity index is 0.000000192. The maximum absolute atomic E-state index is 14.4. The van der Waals surface area contributed by atoms with E-state index in [2.05, 4.69) is 208 Å². The fourth-order valence-electron chi connectivity index (χ4n) is 10.2. The van der Waals surface area contributed by atoms with Crippen molar-refractivity contribution < 1.29 is 24.5 Å². The van der Waals surface area contributed by atoms with E-state index in [1.54, 1.807) is 11.3 Å².